The topological polar surface area (TPSA) is 71.1 Å². The third-order valence-electron chi connectivity index (χ3n) is 4.51. The molecule has 0 radical (unpaired) electrons. The quantitative estimate of drug-likeness (QED) is 0.758. The highest BCUT2D eigenvalue weighted by Crippen LogP contribution is 2.26. The maximum Gasteiger partial charge on any atom is 0.410 e. The normalized spacial score (nSPS) is 16.3. The van der Waals surface area contributed by atoms with Gasteiger partial charge in [0.1, 0.15) is 11.4 Å². The molecule has 0 bridgehead atoms. The van der Waals surface area contributed by atoms with E-state index in [0.717, 1.165) is 18.7 Å². The number of nitrogens with zero attached hydrogens (tertiary/aromatic N) is 2. The Bertz CT molecular complexity index is 712. The summed E-state index contributed by atoms with van der Waals surface area (Å²) in [5, 5.41) is 3.38. The van der Waals surface area contributed by atoms with Crippen molar-refractivity contribution >= 4 is 23.6 Å². The fraction of sp³-hybridized carbons (Fsp3) is 0.619. The number of carbonyl (C=O) groups excluding carboxylic acids is 2. The molecule has 1 fully saturated rings. The summed E-state index contributed by atoms with van der Waals surface area (Å²) in [5.74, 6) is 0.322. The number of nitrogens with one attached hydrogen (secondary N) is 1. The first-order valence-corrected chi connectivity index (χ1v) is 10.3. The first-order chi connectivity index (χ1) is 13.5. The Morgan fingerprint density at radius 1 is 1.21 bits per heavy atom. The van der Waals surface area contributed by atoms with Gasteiger partial charge in [0, 0.05) is 39.3 Å². The molecule has 0 spiro atoms. The van der Waals surface area contributed by atoms with E-state index in [0.29, 0.717) is 37.0 Å². The molecular formula is C21H32ClN3O4. The molecule has 1 atom stereocenters. The standard InChI is InChI=1S/C21H32ClN3O4/c1-15-6-7-17(22)18(14-15)28-16(2)19(26)23-8-9-24-10-12-25(13-11-24)20(27)29-21(3,4)5/h6-7,14,16H,8-13H2,1-5H3,(H,23,26). The number of piperazine rings is 1. The maximum atomic E-state index is 12.3. The summed E-state index contributed by atoms with van der Waals surface area (Å²) in [6.07, 6.45) is -0.912. The molecule has 2 amide bonds. The van der Waals surface area contributed by atoms with E-state index < -0.39 is 11.7 Å². The van der Waals surface area contributed by atoms with Gasteiger partial charge in [0.25, 0.3) is 5.91 Å². The average molecular weight is 426 g/mol. The number of hydrogen-bond donors (Lipinski definition) is 1. The lowest BCUT2D eigenvalue weighted by atomic mass is 10.2. The highest BCUT2D eigenvalue weighted by Gasteiger charge is 2.25. The van der Waals surface area contributed by atoms with E-state index in [4.69, 9.17) is 21.1 Å². The van der Waals surface area contributed by atoms with Crippen molar-refractivity contribution in [2.24, 2.45) is 0 Å². The molecule has 1 N–H and O–H groups in total. The van der Waals surface area contributed by atoms with Crippen molar-refractivity contribution in [2.45, 2.75) is 46.3 Å². The minimum Gasteiger partial charge on any atom is -0.479 e. The van der Waals surface area contributed by atoms with E-state index in [9.17, 15) is 9.59 Å². The molecule has 1 saturated heterocycles. The van der Waals surface area contributed by atoms with Crippen LogP contribution in [0.4, 0.5) is 4.79 Å². The van der Waals surface area contributed by atoms with Gasteiger partial charge < -0.3 is 19.7 Å². The lowest BCUT2D eigenvalue weighted by Gasteiger charge is -2.35. The number of ether oxygens (including phenoxy) is 2. The van der Waals surface area contributed by atoms with Gasteiger partial charge in [-0.2, -0.15) is 0 Å². The molecule has 29 heavy (non-hydrogen) atoms. The van der Waals surface area contributed by atoms with Crippen LogP contribution in [0.15, 0.2) is 18.2 Å². The van der Waals surface area contributed by atoms with Crippen molar-refractivity contribution in [1.29, 1.82) is 0 Å². The van der Waals surface area contributed by atoms with Crippen LogP contribution in [0.1, 0.15) is 33.3 Å². The van der Waals surface area contributed by atoms with Crippen LogP contribution in [0, 0.1) is 6.92 Å². The fourth-order valence-corrected chi connectivity index (χ4v) is 3.07. The van der Waals surface area contributed by atoms with E-state index >= 15 is 0 Å². The lowest BCUT2D eigenvalue weighted by molar-refractivity contribution is -0.127. The van der Waals surface area contributed by atoms with Gasteiger partial charge in [0.2, 0.25) is 0 Å². The van der Waals surface area contributed by atoms with Gasteiger partial charge >= 0.3 is 6.09 Å². The summed E-state index contributed by atoms with van der Waals surface area (Å²) in [5.41, 5.74) is 0.530. The van der Waals surface area contributed by atoms with E-state index in [1.165, 1.54) is 0 Å². The van der Waals surface area contributed by atoms with Gasteiger partial charge in [0.15, 0.2) is 6.10 Å². The van der Waals surface area contributed by atoms with E-state index in [1.807, 2.05) is 39.8 Å². The molecule has 0 aliphatic carbocycles. The van der Waals surface area contributed by atoms with Gasteiger partial charge in [-0.15, -0.1) is 0 Å². The van der Waals surface area contributed by atoms with Crippen molar-refractivity contribution in [1.82, 2.24) is 15.1 Å². The zero-order valence-electron chi connectivity index (χ0n) is 18.0. The van der Waals surface area contributed by atoms with Gasteiger partial charge in [-0.25, -0.2) is 4.79 Å². The minimum absolute atomic E-state index is 0.185. The maximum absolute atomic E-state index is 12.3. The Hall–Kier alpha value is -1.99. The van der Waals surface area contributed by atoms with Crippen LogP contribution in [-0.2, 0) is 9.53 Å². The van der Waals surface area contributed by atoms with Gasteiger partial charge in [0.05, 0.1) is 5.02 Å². The van der Waals surface area contributed by atoms with Gasteiger partial charge in [-0.1, -0.05) is 17.7 Å². The lowest BCUT2D eigenvalue weighted by Crippen LogP contribution is -2.51. The summed E-state index contributed by atoms with van der Waals surface area (Å²) in [4.78, 5) is 28.3. The Morgan fingerprint density at radius 2 is 1.86 bits per heavy atom. The SMILES string of the molecule is Cc1ccc(Cl)c(OC(C)C(=O)NCCN2CCN(C(=O)OC(C)(C)C)CC2)c1. The molecule has 0 aromatic heterocycles. The Balaban J connectivity index is 1.69. The molecule has 8 heteroatoms. The Labute approximate surface area is 178 Å². The minimum atomic E-state index is -0.640. The summed E-state index contributed by atoms with van der Waals surface area (Å²) in [7, 11) is 0. The second-order valence-electron chi connectivity index (χ2n) is 8.29. The number of hydrogen-bond acceptors (Lipinski definition) is 5. The summed E-state index contributed by atoms with van der Waals surface area (Å²) in [6, 6.07) is 5.46. The molecule has 1 heterocycles. The van der Waals surface area contributed by atoms with Crippen molar-refractivity contribution in [3.05, 3.63) is 28.8 Å². The van der Waals surface area contributed by atoms with Gasteiger partial charge in [-0.05, 0) is 52.3 Å². The van der Waals surface area contributed by atoms with Crippen LogP contribution < -0.4 is 10.1 Å². The van der Waals surface area contributed by atoms with Crippen LogP contribution in [0.3, 0.4) is 0 Å². The fourth-order valence-electron chi connectivity index (χ4n) is 2.91. The number of carbonyl (C=O) groups is 2. The Morgan fingerprint density at radius 3 is 2.48 bits per heavy atom. The zero-order chi connectivity index (χ0) is 21.6. The van der Waals surface area contributed by atoms with Gasteiger partial charge in [-0.3, -0.25) is 9.69 Å². The highest BCUT2D eigenvalue weighted by atomic mass is 35.5. The summed E-state index contributed by atoms with van der Waals surface area (Å²) in [6.45, 7) is 13.2. The summed E-state index contributed by atoms with van der Waals surface area (Å²) < 4.78 is 11.1. The predicted octanol–water partition coefficient (Wildman–Crippen LogP) is 3.08. The first kappa shape index (κ1) is 23.3. The molecule has 1 aliphatic rings. The molecule has 1 unspecified atom stereocenters. The number of rotatable bonds is 6. The van der Waals surface area contributed by atoms with Crippen LogP contribution >= 0.6 is 11.6 Å². The van der Waals surface area contributed by atoms with E-state index in [1.54, 1.807) is 17.9 Å². The van der Waals surface area contributed by atoms with Crippen molar-refractivity contribution < 1.29 is 19.1 Å². The second-order valence-corrected chi connectivity index (χ2v) is 8.70. The predicted molar refractivity (Wildman–Crippen MR) is 114 cm³/mol. The highest BCUT2D eigenvalue weighted by molar-refractivity contribution is 6.32. The largest absolute Gasteiger partial charge is 0.479 e. The van der Waals surface area contributed by atoms with Crippen LogP contribution in [0.2, 0.25) is 5.02 Å². The van der Waals surface area contributed by atoms with Crippen molar-refractivity contribution in [3.8, 4) is 5.75 Å². The molecule has 1 aromatic rings. The second kappa shape index (κ2) is 10.2. The third-order valence-corrected chi connectivity index (χ3v) is 4.82. The van der Waals surface area contributed by atoms with Crippen molar-refractivity contribution in [3.63, 3.8) is 0 Å². The van der Waals surface area contributed by atoms with Crippen LogP contribution in [-0.4, -0.2) is 72.8 Å². The average Bonchev–Trinajstić information content (AvgIpc) is 2.63. The zero-order valence-corrected chi connectivity index (χ0v) is 18.7. The molecule has 2 rings (SSSR count). The molecule has 1 aliphatic heterocycles. The first-order valence-electron chi connectivity index (χ1n) is 9.96. The number of amides is 2. The van der Waals surface area contributed by atoms with Crippen LogP contribution in [0.5, 0.6) is 5.75 Å². The van der Waals surface area contributed by atoms with E-state index in [2.05, 4.69) is 10.2 Å². The van der Waals surface area contributed by atoms with Crippen LogP contribution in [0.25, 0.3) is 0 Å². The third kappa shape index (κ3) is 7.74. The molecule has 0 saturated carbocycles. The molecular weight excluding hydrogens is 394 g/mol. The van der Waals surface area contributed by atoms with E-state index in [-0.39, 0.29) is 12.0 Å². The monoisotopic (exact) mass is 425 g/mol. The number of aryl methyl sites for hydroxylation is 1. The molecule has 7 nitrogen and oxygen atoms in total. The van der Waals surface area contributed by atoms with Crippen molar-refractivity contribution in [2.75, 3.05) is 39.3 Å². The molecule has 162 valence electrons. The summed E-state index contributed by atoms with van der Waals surface area (Å²) >= 11 is 6.12. The molecule has 1 aromatic carbocycles. The number of halogens is 1. The smallest absolute Gasteiger partial charge is 0.410 e. The Kier molecular flexibility index (Phi) is 8.16. The number of benzene rings is 1.